The average molecular weight is 366 g/mol. The van der Waals surface area contributed by atoms with Crippen LogP contribution in [0.2, 0.25) is 0 Å². The summed E-state index contributed by atoms with van der Waals surface area (Å²) in [7, 11) is -1.56. The Balaban J connectivity index is 2.33. The van der Waals surface area contributed by atoms with E-state index in [4.69, 9.17) is 10.2 Å². The van der Waals surface area contributed by atoms with Crippen LogP contribution >= 0.6 is 15.9 Å². The van der Waals surface area contributed by atoms with Crippen LogP contribution in [0.4, 0.5) is 0 Å². The maximum absolute atomic E-state index is 12.7. The van der Waals surface area contributed by atoms with Crippen molar-refractivity contribution in [2.75, 3.05) is 26.7 Å². The van der Waals surface area contributed by atoms with E-state index in [2.05, 4.69) is 20.8 Å². The fourth-order valence-corrected chi connectivity index (χ4v) is 4.76. The summed E-state index contributed by atoms with van der Waals surface area (Å²) < 4.78 is 32.4. The minimum absolute atomic E-state index is 0.151. The monoisotopic (exact) mass is 365 g/mol. The first kappa shape index (κ1) is 16.0. The van der Waals surface area contributed by atoms with Crippen LogP contribution in [0.1, 0.15) is 19.6 Å². The molecular formula is C12H20BrN3O3S. The second kappa shape index (κ2) is 5.42. The molecule has 2 N–H and O–H groups in total. The number of nitrogens with zero attached hydrogens (tertiary/aromatic N) is 2. The van der Waals surface area contributed by atoms with Crippen molar-refractivity contribution < 1.29 is 12.8 Å². The first-order valence-electron chi connectivity index (χ1n) is 6.38. The van der Waals surface area contributed by atoms with Crippen LogP contribution in [0.15, 0.2) is 20.0 Å². The number of hydrogen-bond donors (Lipinski definition) is 1. The topological polar surface area (TPSA) is 79.8 Å². The molecule has 0 spiro atoms. The molecule has 1 aliphatic rings. The Morgan fingerprint density at radius 2 is 2.10 bits per heavy atom. The van der Waals surface area contributed by atoms with E-state index in [9.17, 15) is 8.42 Å². The fourth-order valence-electron chi connectivity index (χ4n) is 2.21. The van der Waals surface area contributed by atoms with Crippen LogP contribution in [0.25, 0.3) is 0 Å². The van der Waals surface area contributed by atoms with Crippen molar-refractivity contribution in [3.8, 4) is 0 Å². The van der Waals surface area contributed by atoms with Gasteiger partial charge in [-0.3, -0.25) is 4.90 Å². The molecule has 2 rings (SSSR count). The number of sulfonamides is 1. The average Bonchev–Trinajstić information content (AvgIpc) is 2.74. The Labute approximate surface area is 128 Å². The highest BCUT2D eigenvalue weighted by molar-refractivity contribution is 9.10. The number of halogens is 1. The van der Waals surface area contributed by atoms with Gasteiger partial charge in [0.15, 0.2) is 4.67 Å². The molecule has 0 radical (unpaired) electrons. The third-order valence-electron chi connectivity index (χ3n) is 3.81. The molecule has 1 saturated heterocycles. The predicted octanol–water partition coefficient (Wildman–Crippen LogP) is 1.22. The highest BCUT2D eigenvalue weighted by atomic mass is 79.9. The molecular weight excluding hydrogens is 346 g/mol. The lowest BCUT2D eigenvalue weighted by Gasteiger charge is -2.44. The normalized spacial score (nSPS) is 21.2. The molecule has 0 atom stereocenters. The zero-order chi connectivity index (χ0) is 15.1. The first-order valence-corrected chi connectivity index (χ1v) is 8.61. The van der Waals surface area contributed by atoms with Gasteiger partial charge in [0, 0.05) is 31.2 Å². The number of furan rings is 1. The number of hydrogen-bond acceptors (Lipinski definition) is 5. The van der Waals surface area contributed by atoms with Crippen molar-refractivity contribution in [3.05, 3.63) is 16.5 Å². The van der Waals surface area contributed by atoms with Gasteiger partial charge >= 0.3 is 0 Å². The second-order valence-corrected chi connectivity index (χ2v) is 8.25. The van der Waals surface area contributed by atoms with Gasteiger partial charge in [0.2, 0.25) is 10.0 Å². The number of rotatable bonds is 3. The third-order valence-corrected chi connectivity index (χ3v) is 6.51. The number of likely N-dealkylation sites (N-methyl/N-ethyl adjacent to an activating group) is 1. The molecule has 0 bridgehead atoms. The maximum Gasteiger partial charge on any atom is 0.247 e. The number of piperazine rings is 1. The minimum atomic E-state index is -3.57. The minimum Gasteiger partial charge on any atom is -0.452 e. The molecule has 0 aromatic carbocycles. The van der Waals surface area contributed by atoms with E-state index in [1.807, 2.05) is 20.9 Å². The lowest BCUT2D eigenvalue weighted by atomic mass is 10.0. The Morgan fingerprint density at radius 1 is 1.45 bits per heavy atom. The van der Waals surface area contributed by atoms with Gasteiger partial charge < -0.3 is 10.2 Å². The lowest BCUT2D eigenvalue weighted by molar-refractivity contribution is 0.0801. The van der Waals surface area contributed by atoms with E-state index in [1.54, 1.807) is 0 Å². The standard InChI is InChI=1S/C12H20BrN3O3S/c1-12(2)8-16(5-4-15(12)3)20(17,18)10-6-9(7-14)19-11(10)13/h6H,4-5,7-8,14H2,1-3H3. The van der Waals surface area contributed by atoms with E-state index in [0.717, 1.165) is 0 Å². The molecule has 114 valence electrons. The first-order chi connectivity index (χ1) is 9.18. The van der Waals surface area contributed by atoms with Crippen molar-refractivity contribution in [2.24, 2.45) is 5.73 Å². The van der Waals surface area contributed by atoms with Gasteiger partial charge in [-0.05, 0) is 36.8 Å². The molecule has 1 aliphatic heterocycles. The molecule has 8 heteroatoms. The third kappa shape index (κ3) is 2.80. The van der Waals surface area contributed by atoms with Crippen molar-refractivity contribution in [1.29, 1.82) is 0 Å². The molecule has 1 fully saturated rings. The van der Waals surface area contributed by atoms with E-state index in [1.165, 1.54) is 10.4 Å². The Hall–Kier alpha value is -0.410. The molecule has 0 aliphatic carbocycles. The van der Waals surface area contributed by atoms with E-state index in [-0.39, 0.29) is 21.6 Å². The molecule has 0 amide bonds. The SMILES string of the molecule is CN1CCN(S(=O)(=O)c2cc(CN)oc2Br)CC1(C)C. The van der Waals surface area contributed by atoms with Gasteiger partial charge in [0.25, 0.3) is 0 Å². The van der Waals surface area contributed by atoms with E-state index in [0.29, 0.717) is 25.4 Å². The van der Waals surface area contributed by atoms with Crippen molar-refractivity contribution in [1.82, 2.24) is 9.21 Å². The highest BCUT2D eigenvalue weighted by Gasteiger charge is 2.38. The molecule has 0 saturated carbocycles. The molecule has 1 aromatic heterocycles. The van der Waals surface area contributed by atoms with Gasteiger partial charge in [-0.15, -0.1) is 0 Å². The predicted molar refractivity (Wildman–Crippen MR) is 79.8 cm³/mol. The Morgan fingerprint density at radius 3 is 2.60 bits per heavy atom. The highest BCUT2D eigenvalue weighted by Crippen LogP contribution is 2.31. The summed E-state index contributed by atoms with van der Waals surface area (Å²) in [5.74, 6) is 0.448. The van der Waals surface area contributed by atoms with Crippen LogP contribution < -0.4 is 5.73 Å². The smallest absolute Gasteiger partial charge is 0.247 e. The molecule has 2 heterocycles. The number of nitrogens with two attached hydrogens (primary N) is 1. The van der Waals surface area contributed by atoms with Crippen LogP contribution in [0.3, 0.4) is 0 Å². The summed E-state index contributed by atoms with van der Waals surface area (Å²) in [6.07, 6.45) is 0. The summed E-state index contributed by atoms with van der Waals surface area (Å²) in [5, 5.41) is 0. The molecule has 20 heavy (non-hydrogen) atoms. The molecule has 1 aromatic rings. The van der Waals surface area contributed by atoms with Crippen LogP contribution in [0.5, 0.6) is 0 Å². The quantitative estimate of drug-likeness (QED) is 0.870. The fraction of sp³-hybridized carbons (Fsp3) is 0.667. The Kier molecular flexibility index (Phi) is 4.32. The maximum atomic E-state index is 12.7. The van der Waals surface area contributed by atoms with Gasteiger partial charge in [0.1, 0.15) is 10.7 Å². The zero-order valence-electron chi connectivity index (χ0n) is 11.9. The summed E-state index contributed by atoms with van der Waals surface area (Å²) in [5.41, 5.74) is 5.29. The summed E-state index contributed by atoms with van der Waals surface area (Å²) in [4.78, 5) is 2.31. The van der Waals surface area contributed by atoms with Crippen molar-refractivity contribution in [2.45, 2.75) is 30.8 Å². The van der Waals surface area contributed by atoms with Gasteiger partial charge in [0.05, 0.1) is 6.54 Å². The van der Waals surface area contributed by atoms with Gasteiger partial charge in [-0.2, -0.15) is 4.31 Å². The Bertz CT molecular complexity index is 597. The largest absolute Gasteiger partial charge is 0.452 e. The van der Waals surface area contributed by atoms with Gasteiger partial charge in [-0.25, -0.2) is 8.42 Å². The second-order valence-electron chi connectivity index (χ2n) is 5.63. The molecule has 6 nitrogen and oxygen atoms in total. The summed E-state index contributed by atoms with van der Waals surface area (Å²) in [6, 6.07) is 1.49. The van der Waals surface area contributed by atoms with Crippen LogP contribution in [0, 0.1) is 0 Å². The van der Waals surface area contributed by atoms with Crippen molar-refractivity contribution >= 4 is 26.0 Å². The zero-order valence-corrected chi connectivity index (χ0v) is 14.3. The van der Waals surface area contributed by atoms with Gasteiger partial charge in [-0.1, -0.05) is 0 Å². The van der Waals surface area contributed by atoms with E-state index < -0.39 is 10.0 Å². The lowest BCUT2D eigenvalue weighted by Crippen LogP contribution is -2.58. The summed E-state index contributed by atoms with van der Waals surface area (Å²) in [6.45, 7) is 5.85. The molecule has 0 unspecified atom stereocenters. The van der Waals surface area contributed by atoms with E-state index >= 15 is 0 Å². The van der Waals surface area contributed by atoms with Crippen molar-refractivity contribution in [3.63, 3.8) is 0 Å². The van der Waals surface area contributed by atoms with Crippen LogP contribution in [-0.4, -0.2) is 49.8 Å². The van der Waals surface area contributed by atoms with Crippen LogP contribution in [-0.2, 0) is 16.6 Å². The summed E-state index contributed by atoms with van der Waals surface area (Å²) >= 11 is 3.16.